The number of methoxy groups -OCH3 is 1. The maximum absolute atomic E-state index is 11.9. The van der Waals surface area contributed by atoms with Gasteiger partial charge in [-0.3, -0.25) is 4.79 Å². The van der Waals surface area contributed by atoms with Crippen molar-refractivity contribution < 1.29 is 14.3 Å². The molecule has 1 heterocycles. The van der Waals surface area contributed by atoms with Crippen LogP contribution in [0.25, 0.3) is 0 Å². The number of piperidine rings is 1. The van der Waals surface area contributed by atoms with E-state index < -0.39 is 6.04 Å². The Kier molecular flexibility index (Phi) is 6.10. The molecule has 3 N–H and O–H groups in total. The molecule has 0 radical (unpaired) electrons. The van der Waals surface area contributed by atoms with Gasteiger partial charge in [-0.25, -0.2) is 4.79 Å². The van der Waals surface area contributed by atoms with Crippen LogP contribution in [0, 0.1) is 5.92 Å². The molecule has 3 amide bonds. The number of ether oxygens (including phenoxy) is 1. The van der Waals surface area contributed by atoms with Crippen molar-refractivity contribution in [2.75, 3.05) is 20.2 Å². The van der Waals surface area contributed by atoms with Gasteiger partial charge in [0, 0.05) is 18.1 Å². The Balaban J connectivity index is 1.79. The van der Waals surface area contributed by atoms with Gasteiger partial charge in [0.2, 0.25) is 5.91 Å². The Labute approximate surface area is 140 Å². The Morgan fingerprint density at radius 2 is 2.26 bits per heavy atom. The molecule has 2 rings (SSSR count). The molecule has 0 aliphatic carbocycles. The summed E-state index contributed by atoms with van der Waals surface area (Å²) in [5, 5.41) is 8.84. The van der Waals surface area contributed by atoms with E-state index in [1.165, 1.54) is 0 Å². The minimum Gasteiger partial charge on any atom is -0.497 e. The number of urea groups is 1. The first kappa shape index (κ1) is 17.4. The van der Waals surface area contributed by atoms with E-state index in [0.29, 0.717) is 30.3 Å². The van der Waals surface area contributed by atoms with Gasteiger partial charge in [-0.1, -0.05) is 24.6 Å². The van der Waals surface area contributed by atoms with Crippen LogP contribution in [0.4, 0.5) is 4.79 Å². The molecule has 23 heavy (non-hydrogen) atoms. The van der Waals surface area contributed by atoms with Gasteiger partial charge in [0.25, 0.3) is 0 Å². The highest BCUT2D eigenvalue weighted by atomic mass is 35.5. The van der Waals surface area contributed by atoms with Gasteiger partial charge in [0.05, 0.1) is 7.11 Å². The maximum Gasteiger partial charge on any atom is 0.315 e. The molecule has 1 saturated heterocycles. The molecule has 6 nitrogen and oxygen atoms in total. The summed E-state index contributed by atoms with van der Waals surface area (Å²) in [6.45, 7) is 3.05. The minimum atomic E-state index is -0.478. The topological polar surface area (TPSA) is 79.5 Å². The standard InChI is InChI=1S/C16H22ClN3O3/c1-10-5-7-18-15(21)14(10)20-16(22)19-8-6-11-3-4-12(23-2)9-13(11)17/h3-4,9-10,14H,5-8H2,1-2H3,(H,18,21)(H2,19,20,22)/t10-,14-/m1/s1. The molecule has 7 heteroatoms. The average molecular weight is 340 g/mol. The predicted molar refractivity (Wildman–Crippen MR) is 88.8 cm³/mol. The van der Waals surface area contributed by atoms with Gasteiger partial charge < -0.3 is 20.7 Å². The first-order valence-electron chi connectivity index (χ1n) is 7.65. The van der Waals surface area contributed by atoms with Crippen molar-refractivity contribution in [1.82, 2.24) is 16.0 Å². The largest absolute Gasteiger partial charge is 0.497 e. The number of rotatable bonds is 5. The zero-order chi connectivity index (χ0) is 16.8. The number of carbonyl (C=O) groups excluding carboxylic acids is 2. The van der Waals surface area contributed by atoms with Gasteiger partial charge in [-0.05, 0) is 36.5 Å². The number of nitrogens with one attached hydrogen (secondary N) is 3. The first-order valence-corrected chi connectivity index (χ1v) is 8.03. The maximum atomic E-state index is 11.9. The molecule has 0 spiro atoms. The highest BCUT2D eigenvalue weighted by Gasteiger charge is 2.29. The van der Waals surface area contributed by atoms with E-state index >= 15 is 0 Å². The van der Waals surface area contributed by atoms with Crippen molar-refractivity contribution in [3.63, 3.8) is 0 Å². The third-order valence-corrected chi connectivity index (χ3v) is 4.33. The van der Waals surface area contributed by atoms with Crippen LogP contribution in [-0.2, 0) is 11.2 Å². The lowest BCUT2D eigenvalue weighted by Gasteiger charge is -2.28. The minimum absolute atomic E-state index is 0.128. The number of benzene rings is 1. The number of hydrogen-bond donors (Lipinski definition) is 3. The van der Waals surface area contributed by atoms with E-state index in [2.05, 4.69) is 16.0 Å². The van der Waals surface area contributed by atoms with Crippen molar-refractivity contribution >= 4 is 23.5 Å². The highest BCUT2D eigenvalue weighted by Crippen LogP contribution is 2.22. The average Bonchev–Trinajstić information content (AvgIpc) is 2.52. The lowest BCUT2D eigenvalue weighted by molar-refractivity contribution is -0.125. The van der Waals surface area contributed by atoms with E-state index in [9.17, 15) is 9.59 Å². The van der Waals surface area contributed by atoms with E-state index in [1.807, 2.05) is 19.1 Å². The second-order valence-corrected chi connectivity index (χ2v) is 6.05. The van der Waals surface area contributed by atoms with E-state index in [4.69, 9.17) is 16.3 Å². The van der Waals surface area contributed by atoms with Crippen LogP contribution < -0.4 is 20.7 Å². The molecule has 0 saturated carbocycles. The monoisotopic (exact) mass is 339 g/mol. The predicted octanol–water partition coefficient (Wildman–Crippen LogP) is 1.71. The third kappa shape index (κ3) is 4.76. The van der Waals surface area contributed by atoms with E-state index in [1.54, 1.807) is 13.2 Å². The van der Waals surface area contributed by atoms with Crippen molar-refractivity contribution in [1.29, 1.82) is 0 Å². The van der Waals surface area contributed by atoms with Crippen LogP contribution in [0.1, 0.15) is 18.9 Å². The Hall–Kier alpha value is -1.95. The molecule has 0 unspecified atom stereocenters. The number of carbonyl (C=O) groups is 2. The third-order valence-electron chi connectivity index (χ3n) is 3.98. The molecule has 2 atom stereocenters. The Bertz CT molecular complexity index is 580. The molecule has 1 fully saturated rings. The number of halogens is 1. The molecular formula is C16H22ClN3O3. The zero-order valence-electron chi connectivity index (χ0n) is 13.3. The molecule has 1 aliphatic rings. The normalized spacial score (nSPS) is 20.6. The number of hydrogen-bond acceptors (Lipinski definition) is 3. The summed E-state index contributed by atoms with van der Waals surface area (Å²) in [4.78, 5) is 23.7. The van der Waals surface area contributed by atoms with E-state index in [-0.39, 0.29) is 17.9 Å². The molecule has 1 aromatic rings. The van der Waals surface area contributed by atoms with Crippen LogP contribution in [0.3, 0.4) is 0 Å². The fourth-order valence-corrected chi connectivity index (χ4v) is 2.79. The lowest BCUT2D eigenvalue weighted by atomic mass is 9.94. The fraction of sp³-hybridized carbons (Fsp3) is 0.500. The highest BCUT2D eigenvalue weighted by molar-refractivity contribution is 6.31. The molecule has 0 aromatic heterocycles. The molecule has 126 valence electrons. The summed E-state index contributed by atoms with van der Waals surface area (Å²) in [5.41, 5.74) is 0.927. The van der Waals surface area contributed by atoms with Gasteiger partial charge >= 0.3 is 6.03 Å². The molecular weight excluding hydrogens is 318 g/mol. The van der Waals surface area contributed by atoms with Gasteiger partial charge in [0.15, 0.2) is 0 Å². The van der Waals surface area contributed by atoms with Crippen LogP contribution in [-0.4, -0.2) is 38.2 Å². The van der Waals surface area contributed by atoms with Crippen molar-refractivity contribution in [2.24, 2.45) is 5.92 Å². The van der Waals surface area contributed by atoms with Crippen molar-refractivity contribution in [3.8, 4) is 5.75 Å². The van der Waals surface area contributed by atoms with Crippen LogP contribution in [0.15, 0.2) is 18.2 Å². The molecule has 1 aromatic carbocycles. The smallest absolute Gasteiger partial charge is 0.315 e. The summed E-state index contributed by atoms with van der Waals surface area (Å²) >= 11 is 6.16. The van der Waals surface area contributed by atoms with Gasteiger partial charge in [0.1, 0.15) is 11.8 Å². The summed E-state index contributed by atoms with van der Waals surface area (Å²) in [7, 11) is 1.58. The summed E-state index contributed by atoms with van der Waals surface area (Å²) in [6.07, 6.45) is 1.46. The summed E-state index contributed by atoms with van der Waals surface area (Å²) < 4.78 is 5.10. The zero-order valence-corrected chi connectivity index (χ0v) is 14.1. The fourth-order valence-electron chi connectivity index (χ4n) is 2.53. The SMILES string of the molecule is COc1ccc(CCNC(=O)N[C@H]2C(=O)NCC[C@H]2C)c(Cl)c1. The van der Waals surface area contributed by atoms with Crippen molar-refractivity contribution in [2.45, 2.75) is 25.8 Å². The van der Waals surface area contributed by atoms with Gasteiger partial charge in [-0.15, -0.1) is 0 Å². The second kappa shape index (κ2) is 8.06. The summed E-state index contributed by atoms with van der Waals surface area (Å²) in [5.74, 6) is 0.699. The Morgan fingerprint density at radius 3 is 2.91 bits per heavy atom. The Morgan fingerprint density at radius 1 is 1.48 bits per heavy atom. The quantitative estimate of drug-likeness (QED) is 0.764. The summed E-state index contributed by atoms with van der Waals surface area (Å²) in [6, 6.07) is 4.62. The van der Waals surface area contributed by atoms with Crippen molar-refractivity contribution in [3.05, 3.63) is 28.8 Å². The second-order valence-electron chi connectivity index (χ2n) is 5.64. The van der Waals surface area contributed by atoms with Crippen LogP contribution >= 0.6 is 11.6 Å². The molecule has 0 bridgehead atoms. The van der Waals surface area contributed by atoms with E-state index in [0.717, 1.165) is 12.0 Å². The number of amides is 3. The van der Waals surface area contributed by atoms with Crippen LogP contribution in [0.5, 0.6) is 5.75 Å². The molecule has 1 aliphatic heterocycles. The first-order chi connectivity index (χ1) is 11.0. The van der Waals surface area contributed by atoms with Gasteiger partial charge in [-0.2, -0.15) is 0 Å². The van der Waals surface area contributed by atoms with Crippen LogP contribution in [0.2, 0.25) is 5.02 Å². The lowest BCUT2D eigenvalue weighted by Crippen LogP contribution is -2.56.